The number of amides is 2. The van der Waals surface area contributed by atoms with Gasteiger partial charge in [-0.05, 0) is 29.1 Å². The molecular formula is C20H16BrN3O6S2. The third-order valence-electron chi connectivity index (χ3n) is 4.86. The van der Waals surface area contributed by atoms with E-state index in [9.17, 15) is 24.5 Å². The molecule has 0 radical (unpaired) electrons. The molecule has 12 heteroatoms. The first-order valence-corrected chi connectivity index (χ1v) is 12.1. The molecule has 166 valence electrons. The standard InChI is InChI=1S/C20H16BrN3O6S2/c21-14-10-32-19-16(22-15(25)8-13-2-1-7-31-13)18(26)23(19)17(14)20(27)30-9-11-3-5-12(6-4-11)24(28)29/h1-7,16,19H,8-10H2,(H,22,25)/t16?,19-/m1/s1. The monoisotopic (exact) mass is 537 g/mol. The molecule has 0 spiro atoms. The van der Waals surface area contributed by atoms with Crippen LogP contribution in [0.2, 0.25) is 0 Å². The van der Waals surface area contributed by atoms with Gasteiger partial charge < -0.3 is 10.1 Å². The Labute approximate surface area is 199 Å². The predicted octanol–water partition coefficient (Wildman–Crippen LogP) is 2.95. The van der Waals surface area contributed by atoms with E-state index >= 15 is 0 Å². The number of hydrogen-bond donors (Lipinski definition) is 1. The first-order chi connectivity index (χ1) is 15.3. The normalized spacial score (nSPS) is 19.8. The third-order valence-corrected chi connectivity index (χ3v) is 8.05. The van der Waals surface area contributed by atoms with Gasteiger partial charge in [0.2, 0.25) is 5.91 Å². The molecule has 4 rings (SSSR count). The van der Waals surface area contributed by atoms with Gasteiger partial charge in [0.25, 0.3) is 11.6 Å². The molecule has 9 nitrogen and oxygen atoms in total. The van der Waals surface area contributed by atoms with Crippen LogP contribution in [-0.2, 0) is 32.1 Å². The van der Waals surface area contributed by atoms with Crippen LogP contribution in [0.15, 0.2) is 52.0 Å². The van der Waals surface area contributed by atoms with E-state index < -0.39 is 22.3 Å². The van der Waals surface area contributed by atoms with Crippen LogP contribution >= 0.6 is 39.0 Å². The molecule has 2 atom stereocenters. The number of carbonyl (C=O) groups excluding carboxylic acids is 3. The molecule has 0 bridgehead atoms. The van der Waals surface area contributed by atoms with Crippen molar-refractivity contribution in [2.45, 2.75) is 24.4 Å². The number of nitro groups is 1. The van der Waals surface area contributed by atoms with Crippen molar-refractivity contribution in [1.29, 1.82) is 0 Å². The number of non-ortho nitro benzene ring substituents is 1. The van der Waals surface area contributed by atoms with Gasteiger partial charge in [-0.3, -0.25) is 24.6 Å². The van der Waals surface area contributed by atoms with Crippen LogP contribution in [-0.4, -0.2) is 44.8 Å². The van der Waals surface area contributed by atoms with E-state index in [0.29, 0.717) is 15.8 Å². The number of nitrogens with one attached hydrogen (secondary N) is 1. The SMILES string of the molecule is O=C(Cc1cccs1)NC1C(=O)N2C(C(=O)OCc3ccc([N+](=O)[O-])cc3)=C(Br)CS[C@H]12. The molecule has 1 aromatic carbocycles. The number of nitrogens with zero attached hydrogens (tertiary/aromatic N) is 2. The fraction of sp³-hybridized carbons (Fsp3) is 0.250. The number of halogens is 1. The van der Waals surface area contributed by atoms with E-state index in [1.54, 1.807) is 0 Å². The quantitative estimate of drug-likeness (QED) is 0.249. The van der Waals surface area contributed by atoms with E-state index in [0.717, 1.165) is 4.88 Å². The van der Waals surface area contributed by atoms with Crippen molar-refractivity contribution in [3.63, 3.8) is 0 Å². The van der Waals surface area contributed by atoms with Crippen molar-refractivity contribution in [3.05, 3.63) is 72.5 Å². The Morgan fingerprint density at radius 1 is 1.28 bits per heavy atom. The van der Waals surface area contributed by atoms with Gasteiger partial charge in [0.05, 0.1) is 11.3 Å². The van der Waals surface area contributed by atoms with Gasteiger partial charge in [0.15, 0.2) is 0 Å². The molecule has 1 unspecified atom stereocenters. The molecule has 1 N–H and O–H groups in total. The number of fused-ring (bicyclic) bond motifs is 1. The number of benzene rings is 1. The lowest BCUT2D eigenvalue weighted by molar-refractivity contribution is -0.384. The highest BCUT2D eigenvalue weighted by atomic mass is 79.9. The summed E-state index contributed by atoms with van der Waals surface area (Å²) in [5.41, 5.74) is 0.636. The molecule has 2 aliphatic rings. The van der Waals surface area contributed by atoms with Gasteiger partial charge in [-0.1, -0.05) is 22.0 Å². The Morgan fingerprint density at radius 3 is 2.69 bits per heavy atom. The lowest BCUT2D eigenvalue weighted by atomic mass is 10.0. The Bertz CT molecular complexity index is 1100. The number of carbonyl (C=O) groups is 3. The summed E-state index contributed by atoms with van der Waals surface area (Å²) in [4.78, 5) is 50.2. The summed E-state index contributed by atoms with van der Waals surface area (Å²) in [6.45, 7) is -0.0958. The summed E-state index contributed by atoms with van der Waals surface area (Å²) in [6.07, 6.45) is 0.197. The average molecular weight is 538 g/mol. The third kappa shape index (κ3) is 4.57. The molecule has 0 aliphatic carbocycles. The van der Waals surface area contributed by atoms with Gasteiger partial charge in [-0.2, -0.15) is 0 Å². The van der Waals surface area contributed by atoms with Gasteiger partial charge in [-0.25, -0.2) is 4.79 Å². The minimum absolute atomic E-state index is 0.0592. The maximum absolute atomic E-state index is 12.7. The molecule has 2 aromatic rings. The number of rotatable bonds is 7. The van der Waals surface area contributed by atoms with Crippen LogP contribution in [0.25, 0.3) is 0 Å². The smallest absolute Gasteiger partial charge is 0.356 e. The van der Waals surface area contributed by atoms with E-state index in [-0.39, 0.29) is 36.2 Å². The van der Waals surface area contributed by atoms with Crippen LogP contribution in [0.3, 0.4) is 0 Å². The van der Waals surface area contributed by atoms with E-state index in [2.05, 4.69) is 21.2 Å². The first-order valence-electron chi connectivity index (χ1n) is 9.40. The van der Waals surface area contributed by atoms with Crippen molar-refractivity contribution < 1.29 is 24.0 Å². The zero-order chi connectivity index (χ0) is 22.8. The number of ether oxygens (including phenoxy) is 1. The number of hydrogen-bond acceptors (Lipinski definition) is 8. The summed E-state index contributed by atoms with van der Waals surface area (Å²) >= 11 is 6.26. The molecule has 1 aromatic heterocycles. The molecule has 1 saturated heterocycles. The van der Waals surface area contributed by atoms with E-state index in [1.807, 2.05) is 17.5 Å². The number of nitro benzene ring substituents is 1. The molecule has 32 heavy (non-hydrogen) atoms. The Balaban J connectivity index is 1.38. The lowest BCUT2D eigenvalue weighted by Gasteiger charge is -2.49. The second kappa shape index (κ2) is 9.43. The van der Waals surface area contributed by atoms with Crippen molar-refractivity contribution in [2.24, 2.45) is 0 Å². The van der Waals surface area contributed by atoms with Gasteiger partial charge in [0.1, 0.15) is 23.7 Å². The van der Waals surface area contributed by atoms with Crippen molar-refractivity contribution in [3.8, 4) is 0 Å². The zero-order valence-electron chi connectivity index (χ0n) is 16.4. The minimum atomic E-state index is -0.703. The van der Waals surface area contributed by atoms with Crippen LogP contribution < -0.4 is 5.32 Å². The van der Waals surface area contributed by atoms with Crippen molar-refractivity contribution in [1.82, 2.24) is 10.2 Å². The van der Waals surface area contributed by atoms with E-state index in [1.165, 1.54) is 52.3 Å². The fourth-order valence-corrected chi connectivity index (χ4v) is 5.94. The predicted molar refractivity (Wildman–Crippen MR) is 122 cm³/mol. The number of esters is 1. The highest BCUT2D eigenvalue weighted by Gasteiger charge is 2.54. The molecule has 0 saturated carbocycles. The number of β-lactam (4-membered cyclic amide) rings is 1. The molecule has 2 aliphatic heterocycles. The topological polar surface area (TPSA) is 119 Å². The van der Waals surface area contributed by atoms with Gasteiger partial charge >= 0.3 is 5.97 Å². The summed E-state index contributed by atoms with van der Waals surface area (Å²) in [5, 5.41) is 15.0. The zero-order valence-corrected chi connectivity index (χ0v) is 19.6. The van der Waals surface area contributed by atoms with Crippen LogP contribution in [0.1, 0.15) is 10.4 Å². The minimum Gasteiger partial charge on any atom is -0.456 e. The second-order valence-corrected chi connectivity index (χ2v) is 10.1. The largest absolute Gasteiger partial charge is 0.456 e. The van der Waals surface area contributed by atoms with Crippen molar-refractivity contribution >= 4 is 62.5 Å². The number of thioether (sulfide) groups is 1. The van der Waals surface area contributed by atoms with Crippen molar-refractivity contribution in [2.75, 3.05) is 5.75 Å². The van der Waals surface area contributed by atoms with Gasteiger partial charge in [-0.15, -0.1) is 23.1 Å². The van der Waals surface area contributed by atoms with Crippen LogP contribution in [0.4, 0.5) is 5.69 Å². The summed E-state index contributed by atoms with van der Waals surface area (Å²) < 4.78 is 5.87. The highest BCUT2D eigenvalue weighted by molar-refractivity contribution is 9.11. The van der Waals surface area contributed by atoms with Crippen LogP contribution in [0, 0.1) is 10.1 Å². The van der Waals surface area contributed by atoms with Gasteiger partial charge in [0, 0.05) is 27.2 Å². The number of thiophene rings is 1. The molecule has 1 fully saturated rings. The highest BCUT2D eigenvalue weighted by Crippen LogP contribution is 2.42. The summed E-state index contributed by atoms with van der Waals surface area (Å²) in [7, 11) is 0. The Kier molecular flexibility index (Phi) is 6.63. The Morgan fingerprint density at radius 2 is 2.03 bits per heavy atom. The molecule has 2 amide bonds. The first kappa shape index (κ1) is 22.5. The van der Waals surface area contributed by atoms with Crippen LogP contribution in [0.5, 0.6) is 0 Å². The fourth-order valence-electron chi connectivity index (χ4n) is 3.30. The average Bonchev–Trinajstić information content (AvgIpc) is 3.28. The molecular weight excluding hydrogens is 522 g/mol. The Hall–Kier alpha value is -2.70. The lowest BCUT2D eigenvalue weighted by Crippen LogP contribution is -2.70. The summed E-state index contributed by atoms with van der Waals surface area (Å²) in [5.74, 6) is -0.853. The molecule has 3 heterocycles. The maximum Gasteiger partial charge on any atom is 0.356 e. The van der Waals surface area contributed by atoms with E-state index in [4.69, 9.17) is 4.74 Å². The second-order valence-electron chi connectivity index (χ2n) is 6.96. The summed E-state index contributed by atoms with van der Waals surface area (Å²) in [6, 6.07) is 8.67. The maximum atomic E-state index is 12.7.